The first-order chi connectivity index (χ1) is 14.2. The second-order valence-electron chi connectivity index (χ2n) is 6.93. The van der Waals surface area contributed by atoms with Crippen molar-refractivity contribution in [1.82, 2.24) is 5.32 Å². The summed E-state index contributed by atoms with van der Waals surface area (Å²) in [6.45, 7) is 4.77. The van der Waals surface area contributed by atoms with Crippen molar-refractivity contribution in [3.05, 3.63) is 65.5 Å². The van der Waals surface area contributed by atoms with Gasteiger partial charge in [-0.1, -0.05) is 26.0 Å². The predicted molar refractivity (Wildman–Crippen MR) is 108 cm³/mol. The number of nitrogens with zero attached hydrogens (tertiary/aromatic N) is 1. The van der Waals surface area contributed by atoms with Crippen LogP contribution in [0.15, 0.2) is 48.5 Å². The Bertz CT molecular complexity index is 967. The van der Waals surface area contributed by atoms with Crippen LogP contribution in [-0.2, 0) is 14.3 Å². The summed E-state index contributed by atoms with van der Waals surface area (Å²) in [6.07, 6.45) is -1.14. The highest BCUT2D eigenvalue weighted by Gasteiger charge is 2.29. The highest BCUT2D eigenvalue weighted by molar-refractivity contribution is 5.98. The van der Waals surface area contributed by atoms with Crippen molar-refractivity contribution in [2.45, 2.75) is 32.9 Å². The van der Waals surface area contributed by atoms with Crippen molar-refractivity contribution in [2.24, 2.45) is 5.92 Å². The van der Waals surface area contributed by atoms with Crippen LogP contribution in [0.4, 0.5) is 10.1 Å². The third kappa shape index (κ3) is 5.88. The van der Waals surface area contributed by atoms with E-state index in [4.69, 9.17) is 10.00 Å². The minimum atomic E-state index is -1.14. The minimum Gasteiger partial charge on any atom is -0.451 e. The van der Waals surface area contributed by atoms with Crippen molar-refractivity contribution in [3.63, 3.8) is 0 Å². The number of hydrogen-bond donors (Lipinski definition) is 2. The lowest BCUT2D eigenvalue weighted by Gasteiger charge is -2.23. The van der Waals surface area contributed by atoms with Gasteiger partial charge in [0.05, 0.1) is 17.2 Å². The molecule has 156 valence electrons. The van der Waals surface area contributed by atoms with Crippen LogP contribution in [0.2, 0.25) is 0 Å². The number of ether oxygens (including phenoxy) is 1. The molecule has 0 aliphatic carbocycles. The number of rotatable bonds is 7. The molecule has 0 saturated heterocycles. The van der Waals surface area contributed by atoms with E-state index in [1.54, 1.807) is 38.1 Å². The van der Waals surface area contributed by atoms with Gasteiger partial charge in [0, 0.05) is 5.69 Å². The second kappa shape index (κ2) is 10.2. The van der Waals surface area contributed by atoms with Crippen LogP contribution in [0, 0.1) is 23.1 Å². The third-order valence-corrected chi connectivity index (χ3v) is 4.27. The number of benzene rings is 2. The van der Waals surface area contributed by atoms with Gasteiger partial charge in [-0.15, -0.1) is 0 Å². The highest BCUT2D eigenvalue weighted by Crippen LogP contribution is 2.13. The summed E-state index contributed by atoms with van der Waals surface area (Å²) in [4.78, 5) is 37.2. The summed E-state index contributed by atoms with van der Waals surface area (Å²) in [5.41, 5.74) is 0.690. The predicted octanol–water partition coefficient (Wildman–Crippen LogP) is 3.02. The summed E-state index contributed by atoms with van der Waals surface area (Å²) in [5, 5.41) is 13.8. The molecule has 0 heterocycles. The van der Waals surface area contributed by atoms with Crippen molar-refractivity contribution < 1.29 is 23.5 Å². The van der Waals surface area contributed by atoms with E-state index in [-0.39, 0.29) is 11.5 Å². The fourth-order valence-electron chi connectivity index (χ4n) is 2.54. The van der Waals surface area contributed by atoms with E-state index in [9.17, 15) is 18.8 Å². The number of carbonyl (C=O) groups is 3. The van der Waals surface area contributed by atoms with E-state index in [0.29, 0.717) is 11.3 Å². The lowest BCUT2D eigenvalue weighted by molar-refractivity contribution is -0.156. The van der Waals surface area contributed by atoms with E-state index >= 15 is 0 Å². The molecule has 0 unspecified atom stereocenters. The van der Waals surface area contributed by atoms with Gasteiger partial charge < -0.3 is 15.4 Å². The van der Waals surface area contributed by atoms with Gasteiger partial charge in [-0.25, -0.2) is 9.18 Å². The van der Waals surface area contributed by atoms with Crippen LogP contribution in [0.5, 0.6) is 0 Å². The molecule has 2 N–H and O–H groups in total. The minimum absolute atomic E-state index is 0.192. The molecule has 0 aromatic heterocycles. The number of anilines is 1. The maximum Gasteiger partial charge on any atom is 0.329 e. The standard InChI is InChI=1S/C22H22FN3O4/c1-13(2)19(26-21(28)17-6-4-5-7-18(17)23)22(29)30-14(3)20(27)25-16-10-8-15(12-24)9-11-16/h4-11,13-14,19H,1-3H3,(H,25,27)(H,26,28)/t14-,19+/m1/s1. The summed E-state index contributed by atoms with van der Waals surface area (Å²) < 4.78 is 19.0. The Labute approximate surface area is 173 Å². The number of amides is 2. The number of halogens is 1. The van der Waals surface area contributed by atoms with Crippen LogP contribution in [-0.4, -0.2) is 29.9 Å². The number of nitriles is 1. The first kappa shape index (κ1) is 22.6. The molecule has 2 amide bonds. The quantitative estimate of drug-likeness (QED) is 0.681. The van der Waals surface area contributed by atoms with Crippen molar-refractivity contribution in [1.29, 1.82) is 5.26 Å². The lowest BCUT2D eigenvalue weighted by atomic mass is 10.0. The Hall–Kier alpha value is -3.73. The third-order valence-electron chi connectivity index (χ3n) is 4.27. The van der Waals surface area contributed by atoms with Gasteiger partial charge in [0.25, 0.3) is 11.8 Å². The Morgan fingerprint density at radius 2 is 1.67 bits per heavy atom. The SMILES string of the molecule is CC(C)[C@H](NC(=O)c1ccccc1F)C(=O)O[C@H](C)C(=O)Nc1ccc(C#N)cc1. The first-order valence-corrected chi connectivity index (χ1v) is 9.29. The molecule has 0 bridgehead atoms. The molecule has 0 spiro atoms. The van der Waals surface area contributed by atoms with Crippen LogP contribution < -0.4 is 10.6 Å². The summed E-state index contributed by atoms with van der Waals surface area (Å²) in [6, 6.07) is 12.5. The molecule has 0 aliphatic rings. The van der Waals surface area contributed by atoms with E-state index in [1.807, 2.05) is 6.07 Å². The Morgan fingerprint density at radius 3 is 2.23 bits per heavy atom. The fraction of sp³-hybridized carbons (Fsp3) is 0.273. The van der Waals surface area contributed by atoms with E-state index < -0.39 is 35.7 Å². The van der Waals surface area contributed by atoms with Gasteiger partial charge in [-0.3, -0.25) is 9.59 Å². The molecule has 7 nitrogen and oxygen atoms in total. The van der Waals surface area contributed by atoms with Gasteiger partial charge >= 0.3 is 5.97 Å². The van der Waals surface area contributed by atoms with Gasteiger partial charge in [0.1, 0.15) is 11.9 Å². The number of nitrogens with one attached hydrogen (secondary N) is 2. The van der Waals surface area contributed by atoms with Gasteiger partial charge in [0.15, 0.2) is 6.10 Å². The zero-order chi connectivity index (χ0) is 22.3. The largest absolute Gasteiger partial charge is 0.451 e. The smallest absolute Gasteiger partial charge is 0.329 e. The second-order valence-corrected chi connectivity index (χ2v) is 6.93. The lowest BCUT2D eigenvalue weighted by Crippen LogP contribution is -2.47. The molecule has 30 heavy (non-hydrogen) atoms. The average molecular weight is 411 g/mol. The molecule has 0 radical (unpaired) electrons. The molecule has 8 heteroatoms. The van der Waals surface area contributed by atoms with Crippen LogP contribution >= 0.6 is 0 Å². The molecular formula is C22H22FN3O4. The molecule has 2 rings (SSSR count). The molecule has 2 aromatic rings. The molecule has 2 aromatic carbocycles. The molecule has 2 atom stereocenters. The first-order valence-electron chi connectivity index (χ1n) is 9.29. The average Bonchev–Trinajstić information content (AvgIpc) is 2.72. The van der Waals surface area contributed by atoms with Crippen molar-refractivity contribution in [2.75, 3.05) is 5.32 Å². The Balaban J connectivity index is 2.01. The molecule has 0 fully saturated rings. The maximum atomic E-state index is 13.8. The summed E-state index contributed by atoms with van der Waals surface area (Å²) >= 11 is 0. The Morgan fingerprint density at radius 1 is 1.03 bits per heavy atom. The van der Waals surface area contributed by atoms with Crippen molar-refractivity contribution in [3.8, 4) is 6.07 Å². The van der Waals surface area contributed by atoms with Crippen LogP contribution in [0.25, 0.3) is 0 Å². The van der Waals surface area contributed by atoms with Gasteiger partial charge in [-0.2, -0.15) is 5.26 Å². The Kier molecular flexibility index (Phi) is 7.64. The van der Waals surface area contributed by atoms with E-state index in [2.05, 4.69) is 10.6 Å². The zero-order valence-corrected chi connectivity index (χ0v) is 16.8. The van der Waals surface area contributed by atoms with Crippen molar-refractivity contribution >= 4 is 23.5 Å². The van der Waals surface area contributed by atoms with E-state index in [1.165, 1.54) is 25.1 Å². The summed E-state index contributed by atoms with van der Waals surface area (Å²) in [5.74, 6) is -3.20. The normalized spacial score (nSPS) is 12.4. The van der Waals surface area contributed by atoms with Gasteiger partial charge in [-0.05, 0) is 49.2 Å². The molecule has 0 aliphatic heterocycles. The number of hydrogen-bond acceptors (Lipinski definition) is 5. The number of carbonyl (C=O) groups excluding carboxylic acids is 3. The molecular weight excluding hydrogens is 389 g/mol. The van der Waals surface area contributed by atoms with E-state index in [0.717, 1.165) is 6.07 Å². The molecule has 0 saturated carbocycles. The number of esters is 1. The monoisotopic (exact) mass is 411 g/mol. The van der Waals surface area contributed by atoms with Crippen LogP contribution in [0.1, 0.15) is 36.7 Å². The zero-order valence-electron chi connectivity index (χ0n) is 16.8. The highest BCUT2D eigenvalue weighted by atomic mass is 19.1. The fourth-order valence-corrected chi connectivity index (χ4v) is 2.54. The summed E-state index contributed by atoms with van der Waals surface area (Å²) in [7, 11) is 0. The maximum absolute atomic E-state index is 13.8. The topological polar surface area (TPSA) is 108 Å². The van der Waals surface area contributed by atoms with Crippen LogP contribution in [0.3, 0.4) is 0 Å². The van der Waals surface area contributed by atoms with Gasteiger partial charge in [0.2, 0.25) is 0 Å².